The van der Waals surface area contributed by atoms with Crippen LogP contribution in [0.5, 0.6) is 11.5 Å². The van der Waals surface area contributed by atoms with Gasteiger partial charge in [0.2, 0.25) is 0 Å². The minimum atomic E-state index is -0.260. The molecule has 0 amide bonds. The second-order valence-corrected chi connectivity index (χ2v) is 6.68. The van der Waals surface area contributed by atoms with Crippen LogP contribution < -0.4 is 9.47 Å². The number of para-hydroxylation sites is 1. The third-order valence-electron chi connectivity index (χ3n) is 4.58. The summed E-state index contributed by atoms with van der Waals surface area (Å²) in [7, 11) is 0. The molecule has 1 unspecified atom stereocenters. The summed E-state index contributed by atoms with van der Waals surface area (Å²) in [6, 6.07) is 6.38. The predicted octanol–water partition coefficient (Wildman–Crippen LogP) is 3.35. The van der Waals surface area contributed by atoms with Crippen LogP contribution in [0.3, 0.4) is 0 Å². The highest BCUT2D eigenvalue weighted by Gasteiger charge is 2.45. The van der Waals surface area contributed by atoms with Gasteiger partial charge in [-0.25, -0.2) is 0 Å². The van der Waals surface area contributed by atoms with Crippen molar-refractivity contribution in [2.24, 2.45) is 0 Å². The lowest BCUT2D eigenvalue weighted by Crippen LogP contribution is -2.44. The highest BCUT2D eigenvalue weighted by Crippen LogP contribution is 2.50. The second-order valence-electron chi connectivity index (χ2n) is 6.68. The zero-order chi connectivity index (χ0) is 15.6. The Morgan fingerprint density at radius 1 is 1.32 bits per heavy atom. The maximum Gasteiger partial charge on any atom is 0.167 e. The van der Waals surface area contributed by atoms with Crippen molar-refractivity contribution in [1.82, 2.24) is 4.90 Å². The average molecular weight is 303 g/mol. The molecule has 0 aromatic heterocycles. The van der Waals surface area contributed by atoms with Crippen LogP contribution in [0.15, 0.2) is 18.2 Å². The third-order valence-corrected chi connectivity index (χ3v) is 4.58. The van der Waals surface area contributed by atoms with Crippen LogP contribution in [0.4, 0.5) is 0 Å². The van der Waals surface area contributed by atoms with Gasteiger partial charge in [0.1, 0.15) is 11.9 Å². The van der Waals surface area contributed by atoms with Crippen LogP contribution >= 0.6 is 0 Å². The van der Waals surface area contributed by atoms with Crippen LogP contribution in [0, 0.1) is 0 Å². The summed E-state index contributed by atoms with van der Waals surface area (Å²) in [4.78, 5) is 13.0. The number of rotatable bonds is 5. The van der Waals surface area contributed by atoms with Crippen LogP contribution in [-0.4, -0.2) is 36.5 Å². The summed E-state index contributed by atoms with van der Waals surface area (Å²) < 4.78 is 12.0. The number of ether oxygens (including phenoxy) is 2. The third kappa shape index (κ3) is 2.84. The first kappa shape index (κ1) is 15.3. The highest BCUT2D eigenvalue weighted by molar-refractivity contribution is 5.53. The molecule has 0 bridgehead atoms. The van der Waals surface area contributed by atoms with E-state index in [0.717, 1.165) is 30.9 Å². The van der Waals surface area contributed by atoms with E-state index >= 15 is 0 Å². The molecule has 1 saturated heterocycles. The largest absolute Gasteiger partial charge is 0.489 e. The molecule has 1 aromatic rings. The number of benzene rings is 1. The topological polar surface area (TPSA) is 38.8 Å². The van der Waals surface area contributed by atoms with Crippen molar-refractivity contribution in [3.05, 3.63) is 23.8 Å². The molecule has 120 valence electrons. The van der Waals surface area contributed by atoms with Gasteiger partial charge in [0.15, 0.2) is 11.5 Å². The first-order valence-corrected chi connectivity index (χ1v) is 8.26. The SMILES string of the molecule is CC1(C)Oc2c(OCCC=O)cccc2C1N1CCCCC1. The molecule has 3 rings (SSSR count). The van der Waals surface area contributed by atoms with Gasteiger partial charge in [-0.2, -0.15) is 0 Å². The van der Waals surface area contributed by atoms with Gasteiger partial charge < -0.3 is 14.3 Å². The Hall–Kier alpha value is -1.55. The molecule has 1 aromatic carbocycles. The number of carbonyl (C=O) groups excluding carboxylic acids is 1. The molecular formula is C18H25NO3. The Balaban J connectivity index is 1.88. The first-order valence-electron chi connectivity index (χ1n) is 8.26. The van der Waals surface area contributed by atoms with Crippen molar-refractivity contribution in [2.75, 3.05) is 19.7 Å². The van der Waals surface area contributed by atoms with Gasteiger partial charge in [0.25, 0.3) is 0 Å². The number of nitrogens with zero attached hydrogens (tertiary/aromatic N) is 1. The van der Waals surface area contributed by atoms with Gasteiger partial charge in [0.05, 0.1) is 12.6 Å². The number of hydrogen-bond acceptors (Lipinski definition) is 4. The second kappa shape index (κ2) is 6.29. The fourth-order valence-electron chi connectivity index (χ4n) is 3.69. The van der Waals surface area contributed by atoms with E-state index in [1.807, 2.05) is 12.1 Å². The fourth-order valence-corrected chi connectivity index (χ4v) is 3.69. The van der Waals surface area contributed by atoms with Crippen LogP contribution in [0.25, 0.3) is 0 Å². The summed E-state index contributed by atoms with van der Waals surface area (Å²) in [5.41, 5.74) is 0.958. The van der Waals surface area contributed by atoms with E-state index in [0.29, 0.717) is 13.0 Å². The summed E-state index contributed by atoms with van der Waals surface area (Å²) in [6.07, 6.45) is 5.13. The van der Waals surface area contributed by atoms with Crippen LogP contribution in [0.2, 0.25) is 0 Å². The van der Waals surface area contributed by atoms with Crippen LogP contribution in [0.1, 0.15) is 51.1 Å². The predicted molar refractivity (Wildman–Crippen MR) is 85.5 cm³/mol. The molecule has 0 spiro atoms. The molecule has 0 N–H and O–H groups in total. The monoisotopic (exact) mass is 303 g/mol. The Morgan fingerprint density at radius 2 is 2.09 bits per heavy atom. The summed E-state index contributed by atoms with van der Waals surface area (Å²) in [6.45, 7) is 6.97. The zero-order valence-electron chi connectivity index (χ0n) is 13.5. The van der Waals surface area contributed by atoms with Gasteiger partial charge in [-0.1, -0.05) is 18.6 Å². The number of likely N-dealkylation sites (tertiary alicyclic amines) is 1. The standard InChI is InChI=1S/C18H25NO3/c1-18(2)17(19-10-4-3-5-11-19)14-8-6-9-15(16(14)22-18)21-13-7-12-20/h6,8-9,12,17H,3-5,7,10-11,13H2,1-2H3. The molecule has 1 fully saturated rings. The van der Waals surface area contributed by atoms with Gasteiger partial charge in [-0.15, -0.1) is 0 Å². The molecule has 2 aliphatic heterocycles. The molecule has 22 heavy (non-hydrogen) atoms. The average Bonchev–Trinajstić information content (AvgIpc) is 2.79. The molecule has 4 heteroatoms. The molecule has 1 atom stereocenters. The molecule has 0 saturated carbocycles. The van der Waals surface area contributed by atoms with Gasteiger partial charge in [0, 0.05) is 12.0 Å². The van der Waals surface area contributed by atoms with Gasteiger partial charge in [-0.05, 0) is 45.8 Å². The van der Waals surface area contributed by atoms with E-state index in [9.17, 15) is 4.79 Å². The molecule has 0 radical (unpaired) electrons. The van der Waals surface area contributed by atoms with E-state index in [2.05, 4.69) is 24.8 Å². The number of hydrogen-bond donors (Lipinski definition) is 0. The molecule has 4 nitrogen and oxygen atoms in total. The van der Waals surface area contributed by atoms with Crippen LogP contribution in [-0.2, 0) is 4.79 Å². The molecular weight excluding hydrogens is 278 g/mol. The highest BCUT2D eigenvalue weighted by atomic mass is 16.5. The van der Waals surface area contributed by atoms with E-state index < -0.39 is 0 Å². The minimum absolute atomic E-state index is 0.260. The van der Waals surface area contributed by atoms with E-state index in [1.54, 1.807) is 0 Å². The minimum Gasteiger partial charge on any atom is -0.489 e. The lowest BCUT2D eigenvalue weighted by Gasteiger charge is -2.38. The van der Waals surface area contributed by atoms with E-state index in [4.69, 9.17) is 9.47 Å². The van der Waals surface area contributed by atoms with Crippen molar-refractivity contribution in [2.45, 2.75) is 51.2 Å². The maximum atomic E-state index is 10.5. The van der Waals surface area contributed by atoms with Crippen molar-refractivity contribution in [1.29, 1.82) is 0 Å². The van der Waals surface area contributed by atoms with Crippen molar-refractivity contribution in [3.63, 3.8) is 0 Å². The normalized spacial score (nSPS) is 23.6. The Morgan fingerprint density at radius 3 is 2.82 bits per heavy atom. The van der Waals surface area contributed by atoms with E-state index in [-0.39, 0.29) is 11.6 Å². The lowest BCUT2D eigenvalue weighted by atomic mass is 9.91. The van der Waals surface area contributed by atoms with Crippen molar-refractivity contribution in [3.8, 4) is 11.5 Å². The number of carbonyl (C=O) groups is 1. The van der Waals surface area contributed by atoms with E-state index in [1.165, 1.54) is 24.8 Å². The Labute approximate surface area is 132 Å². The quantitative estimate of drug-likeness (QED) is 0.617. The molecule has 2 aliphatic rings. The Kier molecular flexibility index (Phi) is 4.39. The fraction of sp³-hybridized carbons (Fsp3) is 0.611. The van der Waals surface area contributed by atoms with Crippen molar-refractivity contribution < 1.29 is 14.3 Å². The number of fused-ring (bicyclic) bond motifs is 1. The number of aldehydes is 1. The van der Waals surface area contributed by atoms with Gasteiger partial charge in [-0.3, -0.25) is 4.90 Å². The molecule has 2 heterocycles. The Bertz CT molecular complexity index is 535. The smallest absolute Gasteiger partial charge is 0.167 e. The summed E-state index contributed by atoms with van der Waals surface area (Å²) in [5.74, 6) is 1.61. The maximum absolute atomic E-state index is 10.5. The first-order chi connectivity index (χ1) is 10.6. The molecule has 0 aliphatic carbocycles. The lowest BCUT2D eigenvalue weighted by molar-refractivity contribution is -0.108. The zero-order valence-corrected chi connectivity index (χ0v) is 13.5. The van der Waals surface area contributed by atoms with Gasteiger partial charge >= 0.3 is 0 Å². The number of piperidine rings is 1. The summed E-state index contributed by atoms with van der Waals surface area (Å²) in [5, 5.41) is 0. The summed E-state index contributed by atoms with van der Waals surface area (Å²) >= 11 is 0. The van der Waals surface area contributed by atoms with Crippen molar-refractivity contribution >= 4 is 6.29 Å².